The highest BCUT2D eigenvalue weighted by Gasteiger charge is 2.26. The largest absolute Gasteiger partial charge is 0.455 e. The van der Waals surface area contributed by atoms with Crippen molar-refractivity contribution in [1.29, 1.82) is 0 Å². The Hall–Kier alpha value is -7.77. The molecule has 0 aliphatic rings. The summed E-state index contributed by atoms with van der Waals surface area (Å²) in [6.07, 6.45) is 0. The molecule has 0 fully saturated rings. The molecule has 4 heterocycles. The van der Waals surface area contributed by atoms with Crippen molar-refractivity contribution >= 4 is 43.7 Å². The van der Waals surface area contributed by atoms with Crippen LogP contribution in [-0.2, 0) is 0 Å². The molecule has 0 radical (unpaired) electrons. The molecule has 0 saturated carbocycles. The van der Waals surface area contributed by atoms with Gasteiger partial charge >= 0.3 is 0 Å². The number of para-hydroxylation sites is 2. The van der Waals surface area contributed by atoms with Crippen molar-refractivity contribution in [2.75, 3.05) is 0 Å². The summed E-state index contributed by atoms with van der Waals surface area (Å²) < 4.78 is 8.93. The standard InChI is InChI=1S/C49H30N6O/c1-5-17-31(18-6-1)39-30-40(32-19-7-2-8-20-32)51-49(50-39)55-41-27-15-13-26-36(41)43-44(55)38(29-37-35-25-14-16-28-42(35)56-45(37)43)48-53-46(33-21-9-3-10-22-33)52-47(54-48)34-23-11-4-12-24-34/h1-30H. The number of benzene rings is 7. The van der Waals surface area contributed by atoms with E-state index in [9.17, 15) is 0 Å². The van der Waals surface area contributed by atoms with Crippen LogP contribution in [-0.4, -0.2) is 29.5 Å². The Morgan fingerprint density at radius 2 is 0.875 bits per heavy atom. The van der Waals surface area contributed by atoms with Crippen molar-refractivity contribution in [2.24, 2.45) is 0 Å². The van der Waals surface area contributed by atoms with Crippen molar-refractivity contribution in [3.8, 4) is 62.6 Å². The Labute approximate surface area is 321 Å². The molecular weight excluding hydrogens is 689 g/mol. The molecule has 7 heteroatoms. The number of fused-ring (bicyclic) bond motifs is 7. The maximum absolute atomic E-state index is 6.78. The van der Waals surface area contributed by atoms with Gasteiger partial charge in [-0.05, 0) is 24.3 Å². The van der Waals surface area contributed by atoms with E-state index in [1.54, 1.807) is 0 Å². The molecule has 11 aromatic rings. The highest BCUT2D eigenvalue weighted by molar-refractivity contribution is 6.27. The molecule has 56 heavy (non-hydrogen) atoms. The van der Waals surface area contributed by atoms with Crippen LogP contribution in [0.2, 0.25) is 0 Å². The first-order valence-corrected chi connectivity index (χ1v) is 18.5. The first-order chi connectivity index (χ1) is 27.8. The first-order valence-electron chi connectivity index (χ1n) is 18.5. The monoisotopic (exact) mass is 718 g/mol. The lowest BCUT2D eigenvalue weighted by molar-refractivity contribution is 0.673. The van der Waals surface area contributed by atoms with Crippen LogP contribution in [0.5, 0.6) is 0 Å². The van der Waals surface area contributed by atoms with Gasteiger partial charge in [0.05, 0.1) is 27.8 Å². The molecule has 0 spiro atoms. The van der Waals surface area contributed by atoms with Gasteiger partial charge in [0.2, 0.25) is 5.95 Å². The molecule has 4 aromatic heterocycles. The van der Waals surface area contributed by atoms with Gasteiger partial charge < -0.3 is 4.42 Å². The lowest BCUT2D eigenvalue weighted by Crippen LogP contribution is -2.06. The summed E-state index contributed by atoms with van der Waals surface area (Å²) in [6.45, 7) is 0. The zero-order chi connectivity index (χ0) is 37.0. The van der Waals surface area contributed by atoms with Crippen LogP contribution in [0.1, 0.15) is 0 Å². The van der Waals surface area contributed by atoms with Crippen molar-refractivity contribution in [2.45, 2.75) is 0 Å². The Morgan fingerprint density at radius 3 is 1.46 bits per heavy atom. The molecule has 7 nitrogen and oxygen atoms in total. The van der Waals surface area contributed by atoms with E-state index in [1.807, 2.05) is 115 Å². The predicted octanol–water partition coefficient (Wildman–Crippen LogP) is 12.0. The molecule has 0 N–H and O–H groups in total. The molecule has 262 valence electrons. The predicted molar refractivity (Wildman–Crippen MR) is 224 cm³/mol. The minimum atomic E-state index is 0.522. The van der Waals surface area contributed by atoms with Crippen molar-refractivity contribution < 1.29 is 4.42 Å². The van der Waals surface area contributed by atoms with E-state index in [0.717, 1.165) is 82.9 Å². The third-order valence-corrected chi connectivity index (χ3v) is 10.3. The van der Waals surface area contributed by atoms with Gasteiger partial charge in [-0.3, -0.25) is 4.57 Å². The van der Waals surface area contributed by atoms with Crippen molar-refractivity contribution in [1.82, 2.24) is 29.5 Å². The second-order valence-corrected chi connectivity index (χ2v) is 13.7. The quantitative estimate of drug-likeness (QED) is 0.170. The third kappa shape index (κ3) is 5.25. The summed E-state index contributed by atoms with van der Waals surface area (Å²) in [5.74, 6) is 2.21. The van der Waals surface area contributed by atoms with E-state index in [4.69, 9.17) is 29.3 Å². The molecule has 7 aromatic carbocycles. The third-order valence-electron chi connectivity index (χ3n) is 10.3. The minimum absolute atomic E-state index is 0.522. The summed E-state index contributed by atoms with van der Waals surface area (Å²) in [5, 5.41) is 3.92. The van der Waals surface area contributed by atoms with E-state index in [1.165, 1.54) is 0 Å². The maximum atomic E-state index is 6.78. The average Bonchev–Trinajstić information content (AvgIpc) is 3.83. The maximum Gasteiger partial charge on any atom is 0.235 e. The lowest BCUT2D eigenvalue weighted by atomic mass is 10.0. The summed E-state index contributed by atoms with van der Waals surface area (Å²) in [7, 11) is 0. The molecule has 0 saturated heterocycles. The molecule has 0 aliphatic carbocycles. The van der Waals surface area contributed by atoms with Gasteiger partial charge in [-0.15, -0.1) is 0 Å². The van der Waals surface area contributed by atoms with Crippen molar-refractivity contribution in [3.63, 3.8) is 0 Å². The smallest absolute Gasteiger partial charge is 0.235 e. The SMILES string of the molecule is c1ccc(-c2cc(-c3ccccc3)nc(-n3c4ccccc4c4c5oc6ccccc6c5cc(-c5nc(-c6ccccc6)nc(-c6ccccc6)n5)c43)n2)cc1. The zero-order valence-corrected chi connectivity index (χ0v) is 29.9. The summed E-state index contributed by atoms with van der Waals surface area (Å²) in [6, 6.07) is 61.4. The number of hydrogen-bond donors (Lipinski definition) is 0. The Kier molecular flexibility index (Phi) is 7.35. The molecule has 11 rings (SSSR count). The van der Waals surface area contributed by atoms with Crippen molar-refractivity contribution in [3.05, 3.63) is 182 Å². The zero-order valence-electron chi connectivity index (χ0n) is 29.9. The summed E-state index contributed by atoms with van der Waals surface area (Å²) >= 11 is 0. The number of hydrogen-bond acceptors (Lipinski definition) is 6. The van der Waals surface area contributed by atoms with Gasteiger partial charge in [0.15, 0.2) is 17.5 Å². The normalized spacial score (nSPS) is 11.6. The van der Waals surface area contributed by atoms with Crippen LogP contribution in [0.3, 0.4) is 0 Å². The lowest BCUT2D eigenvalue weighted by Gasteiger charge is -2.14. The highest BCUT2D eigenvalue weighted by Crippen LogP contribution is 2.45. The van der Waals surface area contributed by atoms with Crippen LogP contribution in [0.25, 0.3) is 106 Å². The number of nitrogens with zero attached hydrogens (tertiary/aromatic N) is 6. The van der Waals surface area contributed by atoms with E-state index in [-0.39, 0.29) is 0 Å². The number of aromatic nitrogens is 6. The summed E-state index contributed by atoms with van der Waals surface area (Å²) in [4.78, 5) is 26.2. The highest BCUT2D eigenvalue weighted by atomic mass is 16.3. The van der Waals surface area contributed by atoms with Gasteiger partial charge in [0, 0.05) is 44.0 Å². The van der Waals surface area contributed by atoms with Gasteiger partial charge in [-0.1, -0.05) is 158 Å². The molecule has 0 amide bonds. The first kappa shape index (κ1) is 31.7. The fourth-order valence-corrected chi connectivity index (χ4v) is 7.69. The van der Waals surface area contributed by atoms with Gasteiger partial charge in [-0.25, -0.2) is 24.9 Å². The van der Waals surface area contributed by atoms with Gasteiger partial charge in [0.25, 0.3) is 0 Å². The van der Waals surface area contributed by atoms with Gasteiger partial charge in [0.1, 0.15) is 11.2 Å². The molecule has 0 aliphatic heterocycles. The second kappa shape index (κ2) is 13.0. The van der Waals surface area contributed by atoms with Crippen LogP contribution < -0.4 is 0 Å². The van der Waals surface area contributed by atoms with E-state index >= 15 is 0 Å². The number of furan rings is 1. The van der Waals surface area contributed by atoms with Crippen LogP contribution >= 0.6 is 0 Å². The van der Waals surface area contributed by atoms with Gasteiger partial charge in [-0.2, -0.15) is 0 Å². The van der Waals surface area contributed by atoms with E-state index in [2.05, 4.69) is 71.3 Å². The molecular formula is C49H30N6O. The van der Waals surface area contributed by atoms with Crippen LogP contribution in [0.15, 0.2) is 186 Å². The Morgan fingerprint density at radius 1 is 0.393 bits per heavy atom. The summed E-state index contributed by atoms with van der Waals surface area (Å²) in [5.41, 5.74) is 9.56. The van der Waals surface area contributed by atoms with Crippen LogP contribution in [0, 0.1) is 0 Å². The number of rotatable bonds is 6. The average molecular weight is 719 g/mol. The van der Waals surface area contributed by atoms with E-state index in [0.29, 0.717) is 23.4 Å². The molecule has 0 bridgehead atoms. The topological polar surface area (TPSA) is 82.5 Å². The van der Waals surface area contributed by atoms with Crippen LogP contribution in [0.4, 0.5) is 0 Å². The molecule has 0 unspecified atom stereocenters. The minimum Gasteiger partial charge on any atom is -0.455 e. The fraction of sp³-hybridized carbons (Fsp3) is 0. The Balaban J connectivity index is 1.31. The fourth-order valence-electron chi connectivity index (χ4n) is 7.69. The Bertz CT molecular complexity index is 3120. The second-order valence-electron chi connectivity index (χ2n) is 13.7. The van der Waals surface area contributed by atoms with E-state index < -0.39 is 0 Å². The molecule has 0 atom stereocenters.